The van der Waals surface area contributed by atoms with E-state index in [1.165, 1.54) is 14.2 Å². The van der Waals surface area contributed by atoms with Crippen LogP contribution in [0.5, 0.6) is 5.75 Å². The molecule has 12 nitrogen and oxygen atoms in total. The number of aromatic nitrogens is 2. The second-order valence-electron chi connectivity index (χ2n) is 7.31. The number of nitrogens with zero attached hydrogens (tertiary/aromatic N) is 4. The van der Waals surface area contributed by atoms with Crippen LogP contribution < -0.4 is 38.0 Å². The number of hydrazone groups is 1. The SMILES string of the molecule is CNC(=O)c1c(Nc2cccc(/C(N)=N/N(C)N)c2OC)cc(Nc2ccc(C)cn2)nc1N. The molecular formula is C22H28N10O2. The zero-order valence-electron chi connectivity index (χ0n) is 19.4. The number of ether oxygens (including phenoxy) is 1. The summed E-state index contributed by atoms with van der Waals surface area (Å²) < 4.78 is 5.59. The van der Waals surface area contributed by atoms with Crippen molar-refractivity contribution < 1.29 is 9.53 Å². The monoisotopic (exact) mass is 464 g/mol. The van der Waals surface area contributed by atoms with Gasteiger partial charge in [0.25, 0.3) is 5.91 Å². The quantitative estimate of drug-likeness (QED) is 0.124. The lowest BCUT2D eigenvalue weighted by atomic mass is 10.1. The number of nitrogens with two attached hydrogens (primary N) is 3. The van der Waals surface area contributed by atoms with Crippen LogP contribution in [0.15, 0.2) is 47.7 Å². The highest BCUT2D eigenvalue weighted by Crippen LogP contribution is 2.35. The van der Waals surface area contributed by atoms with Crippen LogP contribution in [0.25, 0.3) is 0 Å². The van der Waals surface area contributed by atoms with Crippen LogP contribution in [-0.2, 0) is 0 Å². The molecule has 2 heterocycles. The number of benzene rings is 1. The number of carbonyl (C=O) groups excluding carboxylic acids is 1. The van der Waals surface area contributed by atoms with Crippen LogP contribution in [0, 0.1) is 6.92 Å². The number of hydrogen-bond acceptors (Lipinski definition) is 10. The fourth-order valence-electron chi connectivity index (χ4n) is 3.19. The second-order valence-corrected chi connectivity index (χ2v) is 7.31. The molecule has 1 amide bonds. The Kier molecular flexibility index (Phi) is 7.33. The highest BCUT2D eigenvalue weighted by Gasteiger charge is 2.20. The lowest BCUT2D eigenvalue weighted by Gasteiger charge is -2.19. The van der Waals surface area contributed by atoms with Crippen molar-refractivity contribution in [3.8, 4) is 5.75 Å². The zero-order chi connectivity index (χ0) is 24.8. The van der Waals surface area contributed by atoms with Crippen LogP contribution >= 0.6 is 0 Å². The Morgan fingerprint density at radius 3 is 2.53 bits per heavy atom. The fraction of sp³-hybridized carbons (Fsp3) is 0.182. The summed E-state index contributed by atoms with van der Waals surface area (Å²) >= 11 is 0. The van der Waals surface area contributed by atoms with Gasteiger partial charge in [-0.15, -0.1) is 5.10 Å². The van der Waals surface area contributed by atoms with Crippen molar-refractivity contribution >= 4 is 40.6 Å². The van der Waals surface area contributed by atoms with Crippen molar-refractivity contribution in [2.24, 2.45) is 16.7 Å². The number of anilines is 5. The number of nitrogen functional groups attached to an aromatic ring is 1. The Morgan fingerprint density at radius 2 is 1.91 bits per heavy atom. The summed E-state index contributed by atoms with van der Waals surface area (Å²) in [6, 6.07) is 10.6. The van der Waals surface area contributed by atoms with E-state index in [2.05, 4.69) is 31.0 Å². The lowest BCUT2D eigenvalue weighted by molar-refractivity contribution is 0.0964. The Morgan fingerprint density at radius 1 is 1.15 bits per heavy atom. The number of nitrogens with one attached hydrogen (secondary N) is 3. The molecule has 0 saturated carbocycles. The van der Waals surface area contributed by atoms with Gasteiger partial charge >= 0.3 is 0 Å². The summed E-state index contributed by atoms with van der Waals surface area (Å²) in [5.74, 6) is 6.73. The number of para-hydroxylation sites is 1. The van der Waals surface area contributed by atoms with E-state index in [0.717, 1.165) is 10.7 Å². The van der Waals surface area contributed by atoms with Gasteiger partial charge in [0.2, 0.25) is 0 Å². The minimum Gasteiger partial charge on any atom is -0.494 e. The van der Waals surface area contributed by atoms with E-state index in [1.807, 2.05) is 19.1 Å². The molecule has 0 radical (unpaired) electrons. The summed E-state index contributed by atoms with van der Waals surface area (Å²) in [5, 5.41) is 14.0. The van der Waals surface area contributed by atoms with Gasteiger partial charge in [-0.2, -0.15) is 0 Å². The molecule has 0 aliphatic heterocycles. The van der Waals surface area contributed by atoms with E-state index in [-0.39, 0.29) is 17.2 Å². The summed E-state index contributed by atoms with van der Waals surface area (Å²) in [6.07, 6.45) is 1.73. The first-order valence-corrected chi connectivity index (χ1v) is 10.2. The maximum Gasteiger partial charge on any atom is 0.256 e. The molecule has 0 saturated heterocycles. The Balaban J connectivity index is 2.08. The fourth-order valence-corrected chi connectivity index (χ4v) is 3.19. The third-order valence-corrected chi connectivity index (χ3v) is 4.70. The molecule has 0 spiro atoms. The van der Waals surface area contributed by atoms with Crippen LogP contribution in [-0.4, -0.2) is 48.0 Å². The third-order valence-electron chi connectivity index (χ3n) is 4.70. The summed E-state index contributed by atoms with van der Waals surface area (Å²) in [6.45, 7) is 1.94. The number of amides is 1. The van der Waals surface area contributed by atoms with E-state index in [4.69, 9.17) is 22.0 Å². The minimum absolute atomic E-state index is 0.0277. The third kappa shape index (κ3) is 5.42. The molecule has 2 aromatic heterocycles. The summed E-state index contributed by atoms with van der Waals surface area (Å²) in [4.78, 5) is 21.2. The predicted octanol–water partition coefficient (Wildman–Crippen LogP) is 1.65. The average molecular weight is 465 g/mol. The van der Waals surface area contributed by atoms with Crippen molar-refractivity contribution in [2.75, 3.05) is 37.6 Å². The van der Waals surface area contributed by atoms with Crippen LogP contribution in [0.3, 0.4) is 0 Å². The molecule has 9 N–H and O–H groups in total. The van der Waals surface area contributed by atoms with Gasteiger partial charge < -0.3 is 32.2 Å². The molecule has 3 aromatic rings. The maximum atomic E-state index is 12.6. The standard InChI is InChI=1S/C22H28N10O2/c1-12-8-9-16(27-11-12)29-17-10-15(18(21(24)30-17)22(33)26-2)28-14-7-5-6-13(19(14)34-4)20(23)31-32(3)25/h5-11H,25H2,1-4H3,(H2,23,31)(H,26,33)(H4,24,27,28,29,30). The molecule has 0 unspecified atom stereocenters. The van der Waals surface area contributed by atoms with E-state index >= 15 is 0 Å². The Hall–Kier alpha value is -4.58. The molecule has 0 aliphatic carbocycles. The van der Waals surface area contributed by atoms with Crippen LogP contribution in [0.2, 0.25) is 0 Å². The molecule has 12 heteroatoms. The number of hydrogen-bond donors (Lipinski definition) is 6. The number of methoxy groups -OCH3 is 1. The number of hydrazine groups is 1. The number of rotatable bonds is 8. The van der Waals surface area contributed by atoms with Crippen molar-refractivity contribution in [3.05, 3.63) is 59.3 Å². The van der Waals surface area contributed by atoms with Crippen molar-refractivity contribution in [1.82, 2.24) is 20.4 Å². The minimum atomic E-state index is -0.409. The molecular weight excluding hydrogens is 436 g/mol. The highest BCUT2D eigenvalue weighted by molar-refractivity contribution is 6.06. The zero-order valence-corrected chi connectivity index (χ0v) is 19.4. The van der Waals surface area contributed by atoms with E-state index in [0.29, 0.717) is 34.3 Å². The second kappa shape index (κ2) is 10.4. The number of carbonyl (C=O) groups is 1. The molecule has 0 atom stereocenters. The van der Waals surface area contributed by atoms with Gasteiger partial charge in [-0.05, 0) is 30.7 Å². The number of pyridine rings is 2. The van der Waals surface area contributed by atoms with Crippen LogP contribution in [0.1, 0.15) is 21.5 Å². The normalized spacial score (nSPS) is 11.0. The Bertz CT molecular complexity index is 1210. The number of aryl methyl sites for hydroxylation is 1. The molecule has 178 valence electrons. The smallest absolute Gasteiger partial charge is 0.256 e. The van der Waals surface area contributed by atoms with E-state index in [1.54, 1.807) is 37.5 Å². The molecule has 0 bridgehead atoms. The van der Waals surface area contributed by atoms with Gasteiger partial charge in [0.15, 0.2) is 11.6 Å². The van der Waals surface area contributed by atoms with Crippen molar-refractivity contribution in [1.29, 1.82) is 0 Å². The summed E-state index contributed by atoms with van der Waals surface area (Å²) in [5.41, 5.74) is 14.9. The van der Waals surface area contributed by atoms with Gasteiger partial charge in [0.1, 0.15) is 23.0 Å². The summed E-state index contributed by atoms with van der Waals surface area (Å²) in [7, 11) is 4.56. The average Bonchev–Trinajstić information content (AvgIpc) is 2.79. The first-order chi connectivity index (χ1) is 16.2. The molecule has 3 rings (SSSR count). The van der Waals surface area contributed by atoms with E-state index in [9.17, 15) is 4.79 Å². The first-order valence-electron chi connectivity index (χ1n) is 10.2. The molecule has 34 heavy (non-hydrogen) atoms. The number of amidine groups is 1. The van der Waals surface area contributed by atoms with Gasteiger partial charge in [0, 0.05) is 26.4 Å². The molecule has 0 aliphatic rings. The molecule has 0 fully saturated rings. The van der Waals surface area contributed by atoms with Gasteiger partial charge in [-0.25, -0.2) is 20.9 Å². The molecule has 1 aromatic carbocycles. The van der Waals surface area contributed by atoms with E-state index < -0.39 is 5.91 Å². The van der Waals surface area contributed by atoms with Crippen molar-refractivity contribution in [2.45, 2.75) is 6.92 Å². The maximum absolute atomic E-state index is 12.6. The van der Waals surface area contributed by atoms with Crippen molar-refractivity contribution in [3.63, 3.8) is 0 Å². The Labute approximate surface area is 197 Å². The predicted molar refractivity (Wildman–Crippen MR) is 133 cm³/mol. The van der Waals surface area contributed by atoms with Crippen LogP contribution in [0.4, 0.5) is 28.8 Å². The van der Waals surface area contributed by atoms with Gasteiger partial charge in [-0.3, -0.25) is 4.79 Å². The highest BCUT2D eigenvalue weighted by atomic mass is 16.5. The topological polar surface area (TPSA) is 182 Å². The largest absolute Gasteiger partial charge is 0.494 e. The van der Waals surface area contributed by atoms with Gasteiger partial charge in [0.05, 0.1) is 24.0 Å². The first kappa shape index (κ1) is 24.1. The van der Waals surface area contributed by atoms with Gasteiger partial charge in [-0.1, -0.05) is 12.1 Å². The lowest BCUT2D eigenvalue weighted by Crippen LogP contribution is -2.26.